The van der Waals surface area contributed by atoms with Gasteiger partial charge in [0.1, 0.15) is 0 Å². The lowest BCUT2D eigenvalue weighted by Crippen LogP contribution is -2.20. The van der Waals surface area contributed by atoms with Gasteiger partial charge < -0.3 is 10.5 Å². The fourth-order valence-electron chi connectivity index (χ4n) is 0.260. The van der Waals surface area contributed by atoms with Crippen molar-refractivity contribution < 1.29 is 14.3 Å². The molecule has 0 unspecified atom stereocenters. The molecule has 0 aliphatic heterocycles. The van der Waals surface area contributed by atoms with Gasteiger partial charge in [0.15, 0.2) is 6.61 Å². The van der Waals surface area contributed by atoms with Crippen molar-refractivity contribution in [2.75, 3.05) is 6.61 Å². The second kappa shape index (κ2) is 7.53. The van der Waals surface area contributed by atoms with Gasteiger partial charge in [-0.1, -0.05) is 6.58 Å². The molecule has 0 aromatic carbocycles. The van der Waals surface area contributed by atoms with Crippen LogP contribution in [0.4, 0.5) is 0 Å². The number of carbonyl (C=O) groups is 2. The average Bonchev–Trinajstić information content (AvgIpc) is 2.03. The fraction of sp³-hybridized carbons (Fsp3) is 0.250. The van der Waals surface area contributed by atoms with Crippen LogP contribution in [0.2, 0.25) is 0 Å². The van der Waals surface area contributed by atoms with Crippen LogP contribution < -0.4 is 5.73 Å². The zero-order valence-electron chi connectivity index (χ0n) is 7.13. The van der Waals surface area contributed by atoms with Crippen molar-refractivity contribution in [3.8, 4) is 0 Å². The number of nitrogens with two attached hydrogens (primary N) is 1. The SMILES string of the molecule is C=C.C=C(C)C(=O)OCC(N)=O. The summed E-state index contributed by atoms with van der Waals surface area (Å²) in [5.74, 6) is -1.27. The Labute approximate surface area is 71.7 Å². The van der Waals surface area contributed by atoms with Gasteiger partial charge in [0.05, 0.1) is 0 Å². The second-order valence-corrected chi connectivity index (χ2v) is 1.82. The molecule has 0 aromatic heterocycles. The molecule has 0 saturated carbocycles. The van der Waals surface area contributed by atoms with Crippen molar-refractivity contribution in [3.05, 3.63) is 25.3 Å². The van der Waals surface area contributed by atoms with E-state index in [2.05, 4.69) is 24.5 Å². The second-order valence-electron chi connectivity index (χ2n) is 1.82. The highest BCUT2D eigenvalue weighted by Crippen LogP contribution is 1.90. The summed E-state index contributed by atoms with van der Waals surface area (Å²) in [6, 6.07) is 0. The van der Waals surface area contributed by atoms with E-state index in [9.17, 15) is 9.59 Å². The molecule has 0 atom stereocenters. The number of amides is 1. The third-order valence-electron chi connectivity index (χ3n) is 0.694. The van der Waals surface area contributed by atoms with E-state index in [0.717, 1.165) is 0 Å². The molecule has 68 valence electrons. The Morgan fingerprint density at radius 2 is 1.83 bits per heavy atom. The molecule has 4 heteroatoms. The van der Waals surface area contributed by atoms with Crippen molar-refractivity contribution in [3.63, 3.8) is 0 Å². The van der Waals surface area contributed by atoms with Gasteiger partial charge >= 0.3 is 5.97 Å². The Bertz CT molecular complexity index is 187. The van der Waals surface area contributed by atoms with Crippen molar-refractivity contribution in [2.45, 2.75) is 6.92 Å². The van der Waals surface area contributed by atoms with E-state index in [4.69, 9.17) is 5.73 Å². The van der Waals surface area contributed by atoms with Crippen LogP contribution in [-0.4, -0.2) is 18.5 Å². The Morgan fingerprint density at radius 3 is 2.08 bits per heavy atom. The summed E-state index contributed by atoms with van der Waals surface area (Å²) in [7, 11) is 0. The lowest BCUT2D eigenvalue weighted by Gasteiger charge is -1.98. The maximum atomic E-state index is 10.5. The van der Waals surface area contributed by atoms with Crippen molar-refractivity contribution in [2.24, 2.45) is 5.73 Å². The molecule has 0 radical (unpaired) electrons. The number of ether oxygens (including phenoxy) is 1. The first-order valence-electron chi connectivity index (χ1n) is 3.15. The minimum Gasteiger partial charge on any atom is -0.452 e. The van der Waals surface area contributed by atoms with Gasteiger partial charge in [0, 0.05) is 5.57 Å². The van der Waals surface area contributed by atoms with Gasteiger partial charge in [-0.15, -0.1) is 13.2 Å². The molecule has 0 aliphatic carbocycles. The maximum absolute atomic E-state index is 10.5. The number of rotatable bonds is 3. The summed E-state index contributed by atoms with van der Waals surface area (Å²) in [6.07, 6.45) is 0. The number of hydrogen-bond donors (Lipinski definition) is 1. The van der Waals surface area contributed by atoms with Crippen LogP contribution in [0.15, 0.2) is 25.3 Å². The number of primary amides is 1. The smallest absolute Gasteiger partial charge is 0.333 e. The summed E-state index contributed by atoms with van der Waals surface area (Å²) in [6.45, 7) is 10.4. The highest BCUT2D eigenvalue weighted by atomic mass is 16.5. The summed E-state index contributed by atoms with van der Waals surface area (Å²) < 4.78 is 4.35. The van der Waals surface area contributed by atoms with Crippen LogP contribution in [0.3, 0.4) is 0 Å². The van der Waals surface area contributed by atoms with Gasteiger partial charge in [0.25, 0.3) is 5.91 Å². The summed E-state index contributed by atoms with van der Waals surface area (Å²) >= 11 is 0. The predicted octanol–water partition coefficient (Wildman–Crippen LogP) is 0.393. The summed E-state index contributed by atoms with van der Waals surface area (Å²) in [4.78, 5) is 20.6. The van der Waals surface area contributed by atoms with Gasteiger partial charge in [-0.25, -0.2) is 4.79 Å². The zero-order valence-corrected chi connectivity index (χ0v) is 7.13. The van der Waals surface area contributed by atoms with Crippen LogP contribution in [0.1, 0.15) is 6.92 Å². The molecule has 0 bridgehead atoms. The third kappa shape index (κ3) is 8.42. The minimum atomic E-state index is -0.672. The largest absolute Gasteiger partial charge is 0.452 e. The van der Waals surface area contributed by atoms with Gasteiger partial charge in [-0.05, 0) is 6.92 Å². The lowest BCUT2D eigenvalue weighted by atomic mass is 10.4. The molecule has 1 amide bonds. The first-order valence-corrected chi connectivity index (χ1v) is 3.15. The highest BCUT2D eigenvalue weighted by Gasteiger charge is 2.03. The molecular formula is C8H13NO3. The molecule has 0 aromatic rings. The predicted molar refractivity (Wildman–Crippen MR) is 46.2 cm³/mol. The molecule has 0 aliphatic rings. The first kappa shape index (κ1) is 13.0. The van der Waals surface area contributed by atoms with E-state index in [1.54, 1.807) is 0 Å². The fourth-order valence-corrected chi connectivity index (χ4v) is 0.260. The summed E-state index contributed by atoms with van der Waals surface area (Å²) in [5.41, 5.74) is 4.95. The molecule has 0 fully saturated rings. The van der Waals surface area contributed by atoms with E-state index >= 15 is 0 Å². The maximum Gasteiger partial charge on any atom is 0.333 e. The number of carbonyl (C=O) groups excluding carboxylic acids is 2. The van der Waals surface area contributed by atoms with E-state index in [1.165, 1.54) is 6.92 Å². The molecule has 0 heterocycles. The molecule has 4 nitrogen and oxygen atoms in total. The normalized spacial score (nSPS) is 7.42. The van der Waals surface area contributed by atoms with E-state index in [1.807, 2.05) is 0 Å². The standard InChI is InChI=1S/C6H9NO3.C2H4/c1-4(2)6(9)10-3-5(7)8;1-2/h1,3H2,2H3,(H2,7,8);1-2H2. The monoisotopic (exact) mass is 171 g/mol. The topological polar surface area (TPSA) is 69.4 Å². The molecule has 2 N–H and O–H groups in total. The molecular weight excluding hydrogens is 158 g/mol. The summed E-state index contributed by atoms with van der Waals surface area (Å²) in [5, 5.41) is 0. The Hall–Kier alpha value is -1.58. The van der Waals surface area contributed by atoms with Crippen LogP contribution in [0.5, 0.6) is 0 Å². The van der Waals surface area contributed by atoms with E-state index in [0.29, 0.717) is 0 Å². The Kier molecular flexibility index (Phi) is 8.18. The van der Waals surface area contributed by atoms with E-state index < -0.39 is 11.9 Å². The first-order chi connectivity index (χ1) is 5.54. The van der Waals surface area contributed by atoms with Crippen molar-refractivity contribution >= 4 is 11.9 Å². The van der Waals surface area contributed by atoms with Crippen molar-refractivity contribution in [1.29, 1.82) is 0 Å². The van der Waals surface area contributed by atoms with Crippen LogP contribution in [-0.2, 0) is 14.3 Å². The molecule has 0 spiro atoms. The number of esters is 1. The number of hydrogen-bond acceptors (Lipinski definition) is 3. The van der Waals surface area contributed by atoms with Gasteiger partial charge in [-0.3, -0.25) is 4.79 Å². The highest BCUT2D eigenvalue weighted by molar-refractivity contribution is 5.89. The Morgan fingerprint density at radius 1 is 1.42 bits per heavy atom. The minimum absolute atomic E-state index is 0.251. The van der Waals surface area contributed by atoms with Gasteiger partial charge in [0.2, 0.25) is 0 Å². The zero-order chi connectivity index (χ0) is 10.1. The van der Waals surface area contributed by atoms with E-state index in [-0.39, 0.29) is 12.2 Å². The third-order valence-corrected chi connectivity index (χ3v) is 0.694. The molecule has 0 saturated heterocycles. The average molecular weight is 171 g/mol. The molecule has 0 rings (SSSR count). The Balaban J connectivity index is 0. The lowest BCUT2D eigenvalue weighted by molar-refractivity contribution is -0.143. The van der Waals surface area contributed by atoms with Gasteiger partial charge in [-0.2, -0.15) is 0 Å². The van der Waals surface area contributed by atoms with Crippen LogP contribution in [0, 0.1) is 0 Å². The molecule has 12 heavy (non-hydrogen) atoms. The van der Waals surface area contributed by atoms with Crippen molar-refractivity contribution in [1.82, 2.24) is 0 Å². The van der Waals surface area contributed by atoms with Crippen LogP contribution >= 0.6 is 0 Å². The van der Waals surface area contributed by atoms with Crippen LogP contribution in [0.25, 0.3) is 0 Å². The quantitative estimate of drug-likeness (QED) is 0.379.